The third-order valence-corrected chi connectivity index (χ3v) is 5.80. The first kappa shape index (κ1) is 26.5. The number of carbonyl (C=O) groups is 1. The molecule has 0 spiro atoms. The fourth-order valence-electron chi connectivity index (χ4n) is 3.70. The second kappa shape index (κ2) is 11.7. The largest absolute Gasteiger partial charge is 0.494 e. The van der Waals surface area contributed by atoms with E-state index in [9.17, 15) is 9.18 Å². The number of benzene rings is 3. The number of amides is 1. The van der Waals surface area contributed by atoms with E-state index in [1.165, 1.54) is 59.0 Å². The molecule has 0 fully saturated rings. The summed E-state index contributed by atoms with van der Waals surface area (Å²) in [4.78, 5) is 21.4. The van der Waals surface area contributed by atoms with E-state index in [2.05, 4.69) is 20.6 Å². The van der Waals surface area contributed by atoms with E-state index < -0.39 is 11.7 Å². The molecule has 0 aliphatic rings. The minimum Gasteiger partial charge on any atom is -0.494 e. The third-order valence-electron chi connectivity index (χ3n) is 5.51. The molecule has 0 unspecified atom stereocenters. The third kappa shape index (κ3) is 5.70. The first-order valence-electron chi connectivity index (χ1n) is 11.2. The van der Waals surface area contributed by atoms with Gasteiger partial charge in [0.1, 0.15) is 23.7 Å². The Morgan fingerprint density at radius 2 is 1.63 bits per heavy atom. The number of methoxy groups -OCH3 is 4. The normalized spacial score (nSPS) is 10.9. The summed E-state index contributed by atoms with van der Waals surface area (Å²) in [5.74, 6) is 1.28. The molecule has 0 radical (unpaired) electrons. The van der Waals surface area contributed by atoms with Crippen molar-refractivity contribution in [2.75, 3.05) is 39.1 Å². The number of nitrogens with zero attached hydrogens (tertiary/aromatic N) is 2. The zero-order valence-electron chi connectivity index (χ0n) is 21.0. The van der Waals surface area contributed by atoms with E-state index in [4.69, 9.17) is 30.5 Å². The molecule has 3 aromatic carbocycles. The molecule has 1 amide bonds. The van der Waals surface area contributed by atoms with Crippen molar-refractivity contribution in [3.05, 3.63) is 71.3 Å². The smallest absolute Gasteiger partial charge is 0.248 e. The lowest BCUT2D eigenvalue weighted by Crippen LogP contribution is -2.09. The summed E-state index contributed by atoms with van der Waals surface area (Å²) >= 11 is 5.90. The van der Waals surface area contributed by atoms with E-state index >= 15 is 0 Å². The highest BCUT2D eigenvalue weighted by Gasteiger charge is 2.14. The number of carbonyl (C=O) groups excluding carboxylic acids is 1. The van der Waals surface area contributed by atoms with Gasteiger partial charge in [-0.05, 0) is 48.0 Å². The van der Waals surface area contributed by atoms with Crippen molar-refractivity contribution in [1.29, 1.82) is 0 Å². The lowest BCUT2D eigenvalue weighted by Gasteiger charge is -2.14. The zero-order valence-corrected chi connectivity index (χ0v) is 21.7. The highest BCUT2D eigenvalue weighted by atomic mass is 35.5. The van der Waals surface area contributed by atoms with Crippen LogP contribution < -0.4 is 29.6 Å². The van der Waals surface area contributed by atoms with E-state index in [-0.39, 0.29) is 5.02 Å². The fourth-order valence-corrected chi connectivity index (χ4v) is 3.89. The van der Waals surface area contributed by atoms with Crippen LogP contribution in [0, 0.1) is 5.82 Å². The molecule has 0 saturated heterocycles. The maximum Gasteiger partial charge on any atom is 0.248 e. The van der Waals surface area contributed by atoms with E-state index in [0.29, 0.717) is 56.7 Å². The Labute approximate surface area is 223 Å². The van der Waals surface area contributed by atoms with Crippen molar-refractivity contribution in [2.24, 2.45) is 0 Å². The maximum atomic E-state index is 13.6. The van der Waals surface area contributed by atoms with Crippen molar-refractivity contribution in [3.63, 3.8) is 0 Å². The number of anilines is 3. The van der Waals surface area contributed by atoms with Gasteiger partial charge < -0.3 is 29.6 Å². The van der Waals surface area contributed by atoms with Crippen molar-refractivity contribution in [1.82, 2.24) is 9.97 Å². The number of ether oxygens (including phenoxy) is 4. The lowest BCUT2D eigenvalue weighted by molar-refractivity contribution is -0.111. The molecule has 2 N–H and O–H groups in total. The van der Waals surface area contributed by atoms with Crippen molar-refractivity contribution in [2.45, 2.75) is 0 Å². The van der Waals surface area contributed by atoms with Crippen LogP contribution in [0.3, 0.4) is 0 Å². The predicted octanol–water partition coefficient (Wildman–Crippen LogP) is 5.85. The molecule has 11 heteroatoms. The van der Waals surface area contributed by atoms with Crippen LogP contribution in [0.5, 0.6) is 23.0 Å². The number of aromatic nitrogens is 2. The van der Waals surface area contributed by atoms with E-state index in [0.717, 1.165) is 0 Å². The van der Waals surface area contributed by atoms with Gasteiger partial charge in [-0.25, -0.2) is 14.4 Å². The van der Waals surface area contributed by atoms with Gasteiger partial charge in [0.25, 0.3) is 0 Å². The summed E-state index contributed by atoms with van der Waals surface area (Å²) in [6, 6.07) is 11.0. The standard InChI is InChI=1S/C27H24ClFN4O5/c1-35-22-13-20-17(27(31-14-30-20)32-16-6-7-19(29)18(28)11-16)12-21(22)33-25(34)8-5-15-9-23(36-2)26(38-4)24(10-15)37-3/h5-14H,1-4H3,(H,33,34)(H,30,31,32)/b8-5+. The second-order valence-electron chi connectivity index (χ2n) is 7.83. The Morgan fingerprint density at radius 3 is 2.26 bits per heavy atom. The highest BCUT2D eigenvalue weighted by Crippen LogP contribution is 2.38. The van der Waals surface area contributed by atoms with Gasteiger partial charge >= 0.3 is 0 Å². The highest BCUT2D eigenvalue weighted by molar-refractivity contribution is 6.31. The molecule has 4 aromatic rings. The SMILES string of the molecule is COc1cc2ncnc(Nc3ccc(F)c(Cl)c3)c2cc1NC(=O)/C=C/c1cc(OC)c(OC)c(OC)c1. The number of hydrogen-bond acceptors (Lipinski definition) is 8. The van der Waals surface area contributed by atoms with Crippen LogP contribution in [-0.4, -0.2) is 44.3 Å². The average molecular weight is 539 g/mol. The van der Waals surface area contributed by atoms with Crippen molar-refractivity contribution in [3.8, 4) is 23.0 Å². The number of rotatable bonds is 9. The summed E-state index contributed by atoms with van der Waals surface area (Å²) in [6.07, 6.45) is 4.36. The Morgan fingerprint density at radius 1 is 0.921 bits per heavy atom. The van der Waals surface area contributed by atoms with Gasteiger partial charge in [0.05, 0.1) is 44.7 Å². The predicted molar refractivity (Wildman–Crippen MR) is 145 cm³/mol. The first-order valence-corrected chi connectivity index (χ1v) is 11.6. The van der Waals surface area contributed by atoms with Crippen LogP contribution in [0.1, 0.15) is 5.56 Å². The average Bonchev–Trinajstić information content (AvgIpc) is 2.93. The lowest BCUT2D eigenvalue weighted by atomic mass is 10.1. The summed E-state index contributed by atoms with van der Waals surface area (Å²) in [5.41, 5.74) is 2.16. The molecule has 0 aliphatic carbocycles. The fraction of sp³-hybridized carbons (Fsp3) is 0.148. The Hall–Kier alpha value is -4.57. The molecular formula is C27H24ClFN4O5. The Balaban J connectivity index is 1.62. The molecule has 38 heavy (non-hydrogen) atoms. The van der Waals surface area contributed by atoms with Crippen LogP contribution >= 0.6 is 11.6 Å². The minimum absolute atomic E-state index is 0.0260. The van der Waals surface area contributed by atoms with E-state index in [1.807, 2.05) is 0 Å². The molecule has 0 aliphatic heterocycles. The molecule has 0 bridgehead atoms. The summed E-state index contributed by atoms with van der Waals surface area (Å²) in [6.45, 7) is 0. The number of nitrogens with one attached hydrogen (secondary N) is 2. The van der Waals surface area contributed by atoms with Crippen LogP contribution in [0.15, 0.2) is 54.9 Å². The van der Waals surface area contributed by atoms with Gasteiger partial charge in [0.15, 0.2) is 11.5 Å². The summed E-state index contributed by atoms with van der Waals surface area (Å²) < 4.78 is 35.1. The molecular weight excluding hydrogens is 515 g/mol. The molecule has 0 atom stereocenters. The van der Waals surface area contributed by atoms with Crippen LogP contribution in [0.25, 0.3) is 17.0 Å². The summed E-state index contributed by atoms with van der Waals surface area (Å²) in [5, 5.41) is 6.50. The molecule has 196 valence electrons. The van der Waals surface area contributed by atoms with Crippen LogP contribution in [0.4, 0.5) is 21.6 Å². The summed E-state index contributed by atoms with van der Waals surface area (Å²) in [7, 11) is 6.03. The maximum absolute atomic E-state index is 13.6. The topological polar surface area (TPSA) is 104 Å². The van der Waals surface area contributed by atoms with E-state index in [1.54, 1.807) is 30.3 Å². The molecule has 9 nitrogen and oxygen atoms in total. The van der Waals surface area contributed by atoms with Crippen LogP contribution in [0.2, 0.25) is 5.02 Å². The number of fused-ring (bicyclic) bond motifs is 1. The van der Waals surface area contributed by atoms with Crippen molar-refractivity contribution < 1.29 is 28.1 Å². The minimum atomic E-state index is -0.529. The first-order chi connectivity index (χ1) is 18.4. The van der Waals surface area contributed by atoms with Gasteiger partial charge in [0.2, 0.25) is 11.7 Å². The van der Waals surface area contributed by atoms with Crippen molar-refractivity contribution >= 4 is 51.7 Å². The molecule has 1 aromatic heterocycles. The molecule has 0 saturated carbocycles. The number of hydrogen-bond donors (Lipinski definition) is 2. The monoisotopic (exact) mass is 538 g/mol. The Bertz CT molecular complexity index is 1500. The van der Waals surface area contributed by atoms with Gasteiger partial charge in [-0.15, -0.1) is 0 Å². The van der Waals surface area contributed by atoms with Crippen LogP contribution in [-0.2, 0) is 4.79 Å². The molecule has 4 rings (SSSR count). The van der Waals surface area contributed by atoms with Gasteiger partial charge in [-0.3, -0.25) is 4.79 Å². The van der Waals surface area contributed by atoms with Gasteiger partial charge in [0, 0.05) is 23.2 Å². The zero-order chi connectivity index (χ0) is 27.2. The second-order valence-corrected chi connectivity index (χ2v) is 8.23. The molecule has 1 heterocycles. The number of halogens is 2. The Kier molecular flexibility index (Phi) is 8.12. The van der Waals surface area contributed by atoms with Gasteiger partial charge in [-0.1, -0.05) is 11.6 Å². The van der Waals surface area contributed by atoms with Gasteiger partial charge in [-0.2, -0.15) is 0 Å². The quantitative estimate of drug-likeness (QED) is 0.256.